The summed E-state index contributed by atoms with van der Waals surface area (Å²) in [5, 5.41) is 6.67. The molecule has 8 rings (SSSR count). The molecule has 0 spiro atoms. The van der Waals surface area contributed by atoms with Gasteiger partial charge in [-0.15, -0.1) is 11.3 Å². The van der Waals surface area contributed by atoms with Crippen molar-refractivity contribution >= 4 is 44.4 Å². The number of carbonyl (C=O) groups is 1. The molecule has 2 atom stereocenters. The standard InChI is InChI=1S/C29H29F3N6O3S2/c30-29(31,32)21-13-34-28(35-22-6-5-18(10-20(22)15-1-2-15)38-14-16-9-19(38)12-33-16)36-25(21)23-11-24-26(42-23)27(39)37(17-3-4-17)7-8-43(24,40)41/h5-6,10-11,13,15-17,19,33H,1-4,7-9,12,14H2,(H,34,35,36)/t16-,19-/m0/s1. The predicted octanol–water partition coefficient (Wildman–Crippen LogP) is 4.79. The van der Waals surface area contributed by atoms with Gasteiger partial charge in [0, 0.05) is 55.3 Å². The topological polar surface area (TPSA) is 108 Å². The van der Waals surface area contributed by atoms with E-state index in [0.29, 0.717) is 18.0 Å². The van der Waals surface area contributed by atoms with Crippen LogP contribution in [0.15, 0.2) is 35.4 Å². The average molecular weight is 631 g/mol. The van der Waals surface area contributed by atoms with Crippen molar-refractivity contribution in [3.05, 3.63) is 46.5 Å². The van der Waals surface area contributed by atoms with Crippen molar-refractivity contribution in [3.63, 3.8) is 0 Å². The fourth-order valence-electron chi connectivity index (χ4n) is 6.58. The van der Waals surface area contributed by atoms with Crippen molar-refractivity contribution in [1.82, 2.24) is 20.2 Å². The van der Waals surface area contributed by atoms with Gasteiger partial charge >= 0.3 is 6.18 Å². The fourth-order valence-corrected chi connectivity index (χ4v) is 9.49. The van der Waals surface area contributed by atoms with Gasteiger partial charge in [-0.25, -0.2) is 18.4 Å². The largest absolute Gasteiger partial charge is 0.420 e. The Morgan fingerprint density at radius 3 is 2.56 bits per heavy atom. The Bertz CT molecular complexity index is 1750. The maximum Gasteiger partial charge on any atom is 0.420 e. The zero-order chi connectivity index (χ0) is 29.7. The van der Waals surface area contributed by atoms with E-state index in [1.807, 2.05) is 12.1 Å². The Morgan fingerprint density at radius 2 is 1.88 bits per heavy atom. The molecule has 1 aromatic carbocycles. The number of amides is 1. The smallest absolute Gasteiger partial charge is 0.366 e. The highest BCUT2D eigenvalue weighted by Crippen LogP contribution is 2.47. The zero-order valence-electron chi connectivity index (χ0n) is 23.0. The van der Waals surface area contributed by atoms with E-state index in [1.165, 1.54) is 11.0 Å². The van der Waals surface area contributed by atoms with Gasteiger partial charge in [0.2, 0.25) is 5.95 Å². The van der Waals surface area contributed by atoms with E-state index in [9.17, 15) is 26.4 Å². The molecule has 3 aliphatic heterocycles. The summed E-state index contributed by atoms with van der Waals surface area (Å²) >= 11 is 0.747. The van der Waals surface area contributed by atoms with Crippen LogP contribution in [0.5, 0.6) is 0 Å². The molecule has 5 heterocycles. The van der Waals surface area contributed by atoms with E-state index in [0.717, 1.165) is 79.7 Å². The van der Waals surface area contributed by atoms with E-state index in [2.05, 4.69) is 31.6 Å². The summed E-state index contributed by atoms with van der Waals surface area (Å²) in [6, 6.07) is 8.25. The van der Waals surface area contributed by atoms with E-state index in [-0.39, 0.29) is 38.9 Å². The van der Waals surface area contributed by atoms with Crippen molar-refractivity contribution < 1.29 is 26.4 Å². The number of alkyl halides is 3. The van der Waals surface area contributed by atoms with Crippen LogP contribution in [0.4, 0.5) is 30.5 Å². The number of carbonyl (C=O) groups excluding carboxylic acids is 1. The first kappa shape index (κ1) is 27.3. The Kier molecular flexibility index (Phi) is 6.12. The minimum atomic E-state index is -4.79. The number of thiophene rings is 1. The molecular formula is C29H29F3N6O3S2. The van der Waals surface area contributed by atoms with Gasteiger partial charge in [-0.3, -0.25) is 4.79 Å². The third-order valence-electron chi connectivity index (χ3n) is 9.09. The van der Waals surface area contributed by atoms with Gasteiger partial charge in [0.05, 0.1) is 21.2 Å². The summed E-state index contributed by atoms with van der Waals surface area (Å²) in [6.07, 6.45) is 0.707. The Hall–Kier alpha value is -3.23. The molecule has 5 aliphatic rings. The number of benzene rings is 1. The third kappa shape index (κ3) is 4.87. The van der Waals surface area contributed by atoms with Crippen molar-refractivity contribution in [3.8, 4) is 10.6 Å². The molecule has 2 aromatic heterocycles. The van der Waals surface area contributed by atoms with E-state index < -0.39 is 33.2 Å². The molecule has 2 bridgehead atoms. The van der Waals surface area contributed by atoms with Gasteiger partial charge in [-0.05, 0) is 67.9 Å². The second-order valence-corrected chi connectivity index (χ2v) is 15.3. The number of nitrogens with one attached hydrogen (secondary N) is 2. The Balaban J connectivity index is 1.16. The monoisotopic (exact) mass is 630 g/mol. The molecule has 2 aliphatic carbocycles. The number of hydrogen-bond donors (Lipinski definition) is 2. The molecule has 2 N–H and O–H groups in total. The minimum Gasteiger partial charge on any atom is -0.366 e. The highest BCUT2D eigenvalue weighted by molar-refractivity contribution is 7.91. The predicted molar refractivity (Wildman–Crippen MR) is 156 cm³/mol. The van der Waals surface area contributed by atoms with Crippen molar-refractivity contribution in [1.29, 1.82) is 0 Å². The van der Waals surface area contributed by atoms with Crippen LogP contribution >= 0.6 is 11.3 Å². The lowest BCUT2D eigenvalue weighted by Crippen LogP contribution is -2.43. The van der Waals surface area contributed by atoms with Gasteiger partial charge in [-0.1, -0.05) is 0 Å². The summed E-state index contributed by atoms with van der Waals surface area (Å²) in [6.45, 7) is 1.99. The summed E-state index contributed by atoms with van der Waals surface area (Å²) in [4.78, 5) is 25.3. The van der Waals surface area contributed by atoms with Crippen LogP contribution in [0.25, 0.3) is 10.6 Å². The SMILES string of the molecule is O=C1c2sc(-c3nc(Nc4ccc(N5C[C@@H]6C[C@H]5CN6)cc4C4CC4)ncc3C(F)(F)F)cc2S(=O)(=O)CCN1C1CC1. The average Bonchev–Trinajstić information content (AvgIpc) is 3.87. The van der Waals surface area contributed by atoms with Crippen LogP contribution in [-0.2, 0) is 16.0 Å². The molecular weight excluding hydrogens is 601 g/mol. The van der Waals surface area contributed by atoms with Gasteiger partial charge < -0.3 is 20.4 Å². The lowest BCUT2D eigenvalue weighted by Gasteiger charge is -2.30. The molecule has 43 heavy (non-hydrogen) atoms. The fraction of sp³-hybridized carbons (Fsp3) is 0.483. The molecule has 226 valence electrons. The second kappa shape index (κ2) is 9.63. The summed E-state index contributed by atoms with van der Waals surface area (Å²) in [5.41, 5.74) is 1.42. The van der Waals surface area contributed by atoms with E-state index in [1.54, 1.807) is 0 Å². The molecule has 3 aromatic rings. The molecule has 0 unspecified atom stereocenters. The van der Waals surface area contributed by atoms with Crippen molar-refractivity contribution in [2.24, 2.45) is 0 Å². The number of aromatic nitrogens is 2. The maximum atomic E-state index is 14.2. The molecule has 0 radical (unpaired) electrons. The van der Waals surface area contributed by atoms with Crippen LogP contribution in [0, 0.1) is 0 Å². The molecule has 4 fully saturated rings. The number of piperazine rings is 1. The number of sulfone groups is 1. The van der Waals surface area contributed by atoms with Crippen LogP contribution in [0.3, 0.4) is 0 Å². The van der Waals surface area contributed by atoms with Crippen LogP contribution in [-0.4, -0.2) is 72.7 Å². The maximum absolute atomic E-state index is 14.2. The van der Waals surface area contributed by atoms with Gasteiger partial charge in [0.1, 0.15) is 10.4 Å². The van der Waals surface area contributed by atoms with E-state index >= 15 is 0 Å². The quantitative estimate of drug-likeness (QED) is 0.401. The van der Waals surface area contributed by atoms with E-state index in [4.69, 9.17) is 0 Å². The first-order chi connectivity index (χ1) is 20.5. The zero-order valence-corrected chi connectivity index (χ0v) is 24.7. The van der Waals surface area contributed by atoms with Crippen LogP contribution in [0.1, 0.15) is 58.8 Å². The van der Waals surface area contributed by atoms with Gasteiger partial charge in [-0.2, -0.15) is 13.2 Å². The Labute approximate surface area is 250 Å². The van der Waals surface area contributed by atoms with Crippen LogP contribution in [0.2, 0.25) is 0 Å². The lowest BCUT2D eigenvalue weighted by molar-refractivity contribution is -0.137. The highest BCUT2D eigenvalue weighted by Gasteiger charge is 2.42. The third-order valence-corrected chi connectivity index (χ3v) is 12.1. The number of nitrogens with zero attached hydrogens (tertiary/aromatic N) is 4. The Morgan fingerprint density at radius 1 is 1.07 bits per heavy atom. The molecule has 2 saturated heterocycles. The number of fused-ring (bicyclic) bond motifs is 3. The summed E-state index contributed by atoms with van der Waals surface area (Å²) in [5.74, 6) is -0.393. The van der Waals surface area contributed by atoms with Gasteiger partial charge in [0.15, 0.2) is 9.84 Å². The molecule has 9 nitrogen and oxygen atoms in total. The highest BCUT2D eigenvalue weighted by atomic mass is 32.2. The second-order valence-electron chi connectivity index (χ2n) is 12.1. The summed E-state index contributed by atoms with van der Waals surface area (Å²) in [7, 11) is -3.87. The minimum absolute atomic E-state index is 0.0240. The van der Waals surface area contributed by atoms with Crippen molar-refractivity contribution in [2.75, 3.05) is 35.6 Å². The normalized spacial score (nSPS) is 24.8. The first-order valence-corrected chi connectivity index (χ1v) is 17.1. The van der Waals surface area contributed by atoms with Crippen LogP contribution < -0.4 is 15.5 Å². The summed E-state index contributed by atoms with van der Waals surface area (Å²) < 4.78 is 68.7. The van der Waals surface area contributed by atoms with Crippen molar-refractivity contribution in [2.45, 2.75) is 67.2 Å². The number of rotatable bonds is 6. The van der Waals surface area contributed by atoms with Gasteiger partial charge in [0.25, 0.3) is 5.91 Å². The number of anilines is 3. The molecule has 1 amide bonds. The molecule has 2 saturated carbocycles. The first-order valence-electron chi connectivity index (χ1n) is 14.6. The number of halogens is 3. The lowest BCUT2D eigenvalue weighted by atomic mass is 10.1. The number of hydrogen-bond acceptors (Lipinski definition) is 9. The molecule has 14 heteroatoms.